The molecule has 1 fully saturated rings. The number of ketones is 1. The largest absolute Gasteiger partial charge is 0.493 e. The minimum absolute atomic E-state index is 0.182. The van der Waals surface area contributed by atoms with Crippen molar-refractivity contribution >= 4 is 28.3 Å². The molecular formula is C24H25ClN2O5. The highest BCUT2D eigenvalue weighted by Gasteiger charge is 2.24. The third-order valence-corrected chi connectivity index (χ3v) is 6.34. The second-order valence-electron chi connectivity index (χ2n) is 7.99. The Kier molecular flexibility index (Phi) is 6.37. The van der Waals surface area contributed by atoms with E-state index < -0.39 is 5.69 Å². The van der Waals surface area contributed by atoms with Gasteiger partial charge in [0.1, 0.15) is 0 Å². The lowest BCUT2D eigenvalue weighted by atomic mass is 9.95. The molecule has 8 heteroatoms. The molecule has 0 N–H and O–H groups in total. The number of hydrogen-bond donors (Lipinski definition) is 0. The smallest absolute Gasteiger partial charge is 0.332 e. The van der Waals surface area contributed by atoms with Crippen molar-refractivity contribution in [1.82, 2.24) is 9.13 Å². The molecule has 1 saturated carbocycles. The zero-order valence-electron chi connectivity index (χ0n) is 18.1. The predicted molar refractivity (Wildman–Crippen MR) is 123 cm³/mol. The molecule has 0 aliphatic heterocycles. The van der Waals surface area contributed by atoms with E-state index in [4.69, 9.17) is 21.1 Å². The Morgan fingerprint density at radius 2 is 1.62 bits per heavy atom. The number of ether oxygens (including phenoxy) is 2. The average molecular weight is 457 g/mol. The van der Waals surface area contributed by atoms with Gasteiger partial charge in [-0.3, -0.25) is 18.7 Å². The maximum absolute atomic E-state index is 13.6. The van der Waals surface area contributed by atoms with Crippen LogP contribution in [0.15, 0.2) is 46.0 Å². The zero-order chi connectivity index (χ0) is 22.8. The number of fused-ring (bicyclic) bond motifs is 1. The molecule has 1 aliphatic carbocycles. The van der Waals surface area contributed by atoms with Crippen LogP contribution in [0.4, 0.5) is 0 Å². The molecule has 1 aliphatic rings. The van der Waals surface area contributed by atoms with E-state index in [2.05, 4.69) is 0 Å². The topological polar surface area (TPSA) is 79.5 Å². The molecule has 0 bridgehead atoms. The van der Waals surface area contributed by atoms with Crippen LogP contribution in [0.3, 0.4) is 0 Å². The van der Waals surface area contributed by atoms with Crippen LogP contribution >= 0.6 is 11.6 Å². The first-order valence-electron chi connectivity index (χ1n) is 10.6. The Labute approximate surface area is 190 Å². The molecule has 0 spiro atoms. The van der Waals surface area contributed by atoms with E-state index in [1.807, 2.05) is 0 Å². The first kappa shape index (κ1) is 22.1. The predicted octanol–water partition coefficient (Wildman–Crippen LogP) is 4.22. The van der Waals surface area contributed by atoms with Crippen molar-refractivity contribution in [3.63, 3.8) is 0 Å². The fourth-order valence-corrected chi connectivity index (χ4v) is 4.52. The Bertz CT molecular complexity index is 1270. The second-order valence-corrected chi connectivity index (χ2v) is 8.43. The quantitative estimate of drug-likeness (QED) is 0.519. The highest BCUT2D eigenvalue weighted by molar-refractivity contribution is 6.30. The van der Waals surface area contributed by atoms with Crippen molar-refractivity contribution in [3.05, 3.63) is 67.8 Å². The van der Waals surface area contributed by atoms with E-state index in [0.29, 0.717) is 33.0 Å². The minimum atomic E-state index is -0.482. The molecule has 0 atom stereocenters. The van der Waals surface area contributed by atoms with Crippen molar-refractivity contribution in [3.8, 4) is 11.5 Å². The number of nitrogens with zero attached hydrogens (tertiary/aromatic N) is 2. The van der Waals surface area contributed by atoms with Gasteiger partial charge in [-0.05, 0) is 43.2 Å². The van der Waals surface area contributed by atoms with Crippen LogP contribution in [0.25, 0.3) is 10.9 Å². The summed E-state index contributed by atoms with van der Waals surface area (Å²) in [6, 6.07) is 9.49. The standard InChI is InChI=1S/C24H25ClN2O5/c1-31-21-12-18-19(13-22(21)32-2)26(14-20(28)15-8-10-16(25)11-9-15)24(30)27(23(18)29)17-6-4-3-5-7-17/h8-13,17H,3-7,14H2,1-2H3. The van der Waals surface area contributed by atoms with Gasteiger partial charge in [0.25, 0.3) is 5.56 Å². The van der Waals surface area contributed by atoms with Crippen molar-refractivity contribution in [2.45, 2.75) is 44.7 Å². The molecule has 0 amide bonds. The van der Waals surface area contributed by atoms with E-state index >= 15 is 0 Å². The third-order valence-electron chi connectivity index (χ3n) is 6.09. The summed E-state index contributed by atoms with van der Waals surface area (Å²) in [5.74, 6) is 0.511. The van der Waals surface area contributed by atoms with Crippen LogP contribution in [0.2, 0.25) is 5.02 Å². The number of carbonyl (C=O) groups excluding carboxylic acids is 1. The van der Waals surface area contributed by atoms with Crippen LogP contribution in [-0.4, -0.2) is 29.1 Å². The summed E-state index contributed by atoms with van der Waals surface area (Å²) in [4.78, 5) is 40.0. The van der Waals surface area contributed by atoms with Gasteiger partial charge in [0.2, 0.25) is 0 Å². The van der Waals surface area contributed by atoms with Gasteiger partial charge < -0.3 is 9.47 Å². The van der Waals surface area contributed by atoms with Crippen LogP contribution in [0.5, 0.6) is 11.5 Å². The summed E-state index contributed by atoms with van der Waals surface area (Å²) in [6.45, 7) is -0.209. The molecule has 0 unspecified atom stereocenters. The molecule has 32 heavy (non-hydrogen) atoms. The number of hydrogen-bond acceptors (Lipinski definition) is 5. The number of halogens is 1. The van der Waals surface area contributed by atoms with Gasteiger partial charge in [0.15, 0.2) is 17.3 Å². The third kappa shape index (κ3) is 4.05. The van der Waals surface area contributed by atoms with Crippen molar-refractivity contribution in [1.29, 1.82) is 0 Å². The number of benzene rings is 2. The number of rotatable bonds is 6. The number of carbonyl (C=O) groups is 1. The van der Waals surface area contributed by atoms with E-state index in [-0.39, 0.29) is 23.9 Å². The Balaban J connectivity index is 1.93. The molecule has 0 saturated heterocycles. The summed E-state index contributed by atoms with van der Waals surface area (Å²) in [6.07, 6.45) is 4.54. The SMILES string of the molecule is COc1cc2c(=O)n(C3CCCCC3)c(=O)n(CC(=O)c3ccc(Cl)cc3)c2cc1OC. The second kappa shape index (κ2) is 9.20. The number of aromatic nitrogens is 2. The van der Waals surface area contributed by atoms with Gasteiger partial charge in [-0.1, -0.05) is 30.9 Å². The summed E-state index contributed by atoms with van der Waals surface area (Å²) in [5.41, 5.74) is -0.0747. The van der Waals surface area contributed by atoms with Gasteiger partial charge in [0.05, 0.1) is 31.7 Å². The maximum atomic E-state index is 13.6. The van der Waals surface area contributed by atoms with Crippen molar-refractivity contribution in [2.24, 2.45) is 0 Å². The lowest BCUT2D eigenvalue weighted by molar-refractivity contribution is 0.0971. The lowest BCUT2D eigenvalue weighted by Crippen LogP contribution is -2.43. The van der Waals surface area contributed by atoms with E-state index in [1.165, 1.54) is 23.4 Å². The van der Waals surface area contributed by atoms with E-state index in [0.717, 1.165) is 32.1 Å². The van der Waals surface area contributed by atoms with Gasteiger partial charge >= 0.3 is 5.69 Å². The van der Waals surface area contributed by atoms with Gasteiger partial charge in [0, 0.05) is 22.7 Å². The monoisotopic (exact) mass is 456 g/mol. The highest BCUT2D eigenvalue weighted by atomic mass is 35.5. The summed E-state index contributed by atoms with van der Waals surface area (Å²) in [7, 11) is 2.97. The van der Waals surface area contributed by atoms with Gasteiger partial charge in [-0.2, -0.15) is 0 Å². The summed E-state index contributed by atoms with van der Waals surface area (Å²) in [5, 5.41) is 0.837. The van der Waals surface area contributed by atoms with E-state index in [1.54, 1.807) is 36.4 Å². The zero-order valence-corrected chi connectivity index (χ0v) is 18.9. The Morgan fingerprint density at radius 1 is 1.00 bits per heavy atom. The molecule has 4 rings (SSSR count). The van der Waals surface area contributed by atoms with Crippen LogP contribution in [0, 0.1) is 0 Å². The maximum Gasteiger partial charge on any atom is 0.332 e. The fourth-order valence-electron chi connectivity index (χ4n) is 4.40. The highest BCUT2D eigenvalue weighted by Crippen LogP contribution is 2.32. The summed E-state index contributed by atoms with van der Waals surface area (Å²) < 4.78 is 13.4. The van der Waals surface area contributed by atoms with Crippen molar-refractivity contribution in [2.75, 3.05) is 14.2 Å². The molecule has 3 aromatic rings. The average Bonchev–Trinajstić information content (AvgIpc) is 2.82. The van der Waals surface area contributed by atoms with Crippen molar-refractivity contribution < 1.29 is 14.3 Å². The Hall–Kier alpha value is -3.06. The lowest BCUT2D eigenvalue weighted by Gasteiger charge is -2.25. The Morgan fingerprint density at radius 3 is 2.25 bits per heavy atom. The van der Waals surface area contributed by atoms with Gasteiger partial charge in [-0.15, -0.1) is 0 Å². The van der Waals surface area contributed by atoms with Crippen LogP contribution < -0.4 is 20.7 Å². The van der Waals surface area contributed by atoms with E-state index in [9.17, 15) is 14.4 Å². The molecule has 2 aromatic carbocycles. The summed E-state index contributed by atoms with van der Waals surface area (Å²) >= 11 is 5.94. The molecule has 7 nitrogen and oxygen atoms in total. The molecule has 168 valence electrons. The molecule has 1 aromatic heterocycles. The number of Topliss-reactive ketones (excluding diaryl/α,β-unsaturated/α-hetero) is 1. The number of methoxy groups -OCH3 is 2. The van der Waals surface area contributed by atoms with Crippen LogP contribution in [-0.2, 0) is 6.54 Å². The normalized spacial score (nSPS) is 14.5. The molecule has 0 radical (unpaired) electrons. The van der Waals surface area contributed by atoms with Crippen LogP contribution in [0.1, 0.15) is 48.5 Å². The van der Waals surface area contributed by atoms with Gasteiger partial charge in [-0.25, -0.2) is 4.79 Å². The first-order valence-corrected chi connectivity index (χ1v) is 11.0. The molecular weight excluding hydrogens is 432 g/mol. The first-order chi connectivity index (χ1) is 15.4. The fraction of sp³-hybridized carbons (Fsp3) is 0.375. The minimum Gasteiger partial charge on any atom is -0.493 e. The molecule has 1 heterocycles.